The van der Waals surface area contributed by atoms with E-state index >= 15 is 0 Å². The van der Waals surface area contributed by atoms with Crippen molar-refractivity contribution in [2.45, 2.75) is 10.8 Å². The summed E-state index contributed by atoms with van der Waals surface area (Å²) in [7, 11) is 0. The Hall–Kier alpha value is -9.38. The molecule has 12 aromatic rings. The molecular weight excluding hydrogens is 879 g/mol. The normalized spacial score (nSPS) is 14.3. The number of nitrogens with zero attached hydrogens (tertiary/aromatic N) is 1. The molecule has 0 amide bonds. The van der Waals surface area contributed by atoms with E-state index in [1.165, 1.54) is 44.5 Å². The second kappa shape index (κ2) is 14.6. The quantitative estimate of drug-likeness (QED) is 0.176. The fourth-order valence-electron chi connectivity index (χ4n) is 13.3. The number of fused-ring (bicyclic) bond motifs is 21. The summed E-state index contributed by atoms with van der Waals surface area (Å²) in [4.78, 5) is 2.55. The third-order valence-corrected chi connectivity index (χ3v) is 16.0. The molecule has 11 aromatic carbocycles. The number of para-hydroxylation sites is 5. The number of benzene rings is 11. The van der Waals surface area contributed by atoms with Gasteiger partial charge in [-0.25, -0.2) is 0 Å². The average molecular weight is 920 g/mol. The zero-order chi connectivity index (χ0) is 47.1. The van der Waals surface area contributed by atoms with E-state index in [0.717, 1.165) is 95.4 Å². The van der Waals surface area contributed by atoms with E-state index in [1.54, 1.807) is 0 Å². The molecule has 0 N–H and O–H groups in total. The first-order valence-corrected chi connectivity index (χ1v) is 24.7. The Morgan fingerprint density at radius 1 is 0.306 bits per heavy atom. The van der Waals surface area contributed by atoms with Gasteiger partial charge in [-0.05, 0) is 111 Å². The summed E-state index contributed by atoms with van der Waals surface area (Å²) < 4.78 is 20.0. The lowest BCUT2D eigenvalue weighted by Gasteiger charge is -2.42. The van der Waals surface area contributed by atoms with Crippen molar-refractivity contribution >= 4 is 39.0 Å². The summed E-state index contributed by atoms with van der Waals surface area (Å²) in [6, 6.07) is 90.3. The minimum Gasteiger partial charge on any atom is -0.457 e. The molecular formula is C68H41NO3. The van der Waals surface area contributed by atoms with Gasteiger partial charge in [-0.15, -0.1) is 0 Å². The molecule has 2 aliphatic heterocycles. The van der Waals surface area contributed by atoms with Crippen LogP contribution in [0.25, 0.3) is 55.3 Å². The van der Waals surface area contributed by atoms with Gasteiger partial charge >= 0.3 is 0 Å². The van der Waals surface area contributed by atoms with Crippen LogP contribution in [-0.4, -0.2) is 0 Å². The van der Waals surface area contributed by atoms with E-state index in [0.29, 0.717) is 0 Å². The third-order valence-electron chi connectivity index (χ3n) is 16.0. The molecule has 0 atom stereocenters. The molecule has 72 heavy (non-hydrogen) atoms. The van der Waals surface area contributed by atoms with Crippen LogP contribution in [0.15, 0.2) is 253 Å². The van der Waals surface area contributed by atoms with Crippen LogP contribution in [0.2, 0.25) is 0 Å². The van der Waals surface area contributed by atoms with Crippen LogP contribution in [0.4, 0.5) is 17.1 Å². The number of furan rings is 1. The molecule has 336 valence electrons. The van der Waals surface area contributed by atoms with Crippen molar-refractivity contribution in [1.29, 1.82) is 0 Å². The fourth-order valence-corrected chi connectivity index (χ4v) is 13.3. The molecule has 0 bridgehead atoms. The molecule has 0 saturated carbocycles. The Balaban J connectivity index is 0.996. The highest BCUT2D eigenvalue weighted by molar-refractivity contribution is 6.06. The van der Waals surface area contributed by atoms with Gasteiger partial charge in [0.05, 0.1) is 22.2 Å². The summed E-state index contributed by atoms with van der Waals surface area (Å²) in [5, 5.41) is 2.24. The molecule has 2 aliphatic carbocycles. The van der Waals surface area contributed by atoms with Crippen LogP contribution >= 0.6 is 0 Å². The number of anilines is 3. The van der Waals surface area contributed by atoms with Gasteiger partial charge in [-0.3, -0.25) is 0 Å². The van der Waals surface area contributed by atoms with Gasteiger partial charge in [0.15, 0.2) is 0 Å². The molecule has 0 radical (unpaired) electrons. The highest BCUT2D eigenvalue weighted by atomic mass is 16.5. The second-order valence-electron chi connectivity index (χ2n) is 19.4. The van der Waals surface area contributed by atoms with Gasteiger partial charge in [0.2, 0.25) is 0 Å². The highest BCUT2D eigenvalue weighted by Gasteiger charge is 2.55. The van der Waals surface area contributed by atoms with E-state index in [-0.39, 0.29) is 0 Å². The molecule has 1 aromatic heterocycles. The van der Waals surface area contributed by atoms with Gasteiger partial charge < -0.3 is 18.8 Å². The van der Waals surface area contributed by atoms with E-state index < -0.39 is 10.8 Å². The molecule has 4 nitrogen and oxygen atoms in total. The maximum absolute atomic E-state index is 6.85. The van der Waals surface area contributed by atoms with Gasteiger partial charge in [0.1, 0.15) is 34.2 Å². The Bertz CT molecular complexity index is 4170. The van der Waals surface area contributed by atoms with Gasteiger partial charge in [-0.2, -0.15) is 0 Å². The van der Waals surface area contributed by atoms with Crippen molar-refractivity contribution in [1.82, 2.24) is 0 Å². The number of hydrogen-bond donors (Lipinski definition) is 0. The van der Waals surface area contributed by atoms with Crippen LogP contribution in [0, 0.1) is 0 Å². The minimum atomic E-state index is -0.718. The van der Waals surface area contributed by atoms with Crippen LogP contribution in [0.1, 0.15) is 44.5 Å². The third kappa shape index (κ3) is 5.05. The lowest BCUT2D eigenvalue weighted by atomic mass is 9.65. The molecule has 3 heterocycles. The van der Waals surface area contributed by atoms with Gasteiger partial charge in [0.25, 0.3) is 0 Å². The highest BCUT2D eigenvalue weighted by Crippen LogP contribution is 2.67. The Labute approximate surface area is 416 Å². The molecule has 2 spiro atoms. The molecule has 0 fully saturated rings. The zero-order valence-electron chi connectivity index (χ0n) is 38.8. The van der Waals surface area contributed by atoms with Gasteiger partial charge in [0, 0.05) is 49.8 Å². The lowest BCUT2D eigenvalue weighted by molar-refractivity contribution is 0.436. The summed E-state index contributed by atoms with van der Waals surface area (Å²) in [5.74, 6) is 3.46. The average Bonchev–Trinajstić information content (AvgIpc) is 4.08. The molecule has 16 rings (SSSR count). The molecule has 4 heteroatoms. The van der Waals surface area contributed by atoms with Crippen molar-refractivity contribution in [3.63, 3.8) is 0 Å². The van der Waals surface area contributed by atoms with Crippen LogP contribution in [-0.2, 0) is 10.8 Å². The lowest BCUT2D eigenvalue weighted by Crippen LogP contribution is -2.33. The Kier molecular flexibility index (Phi) is 7.99. The summed E-state index contributed by atoms with van der Waals surface area (Å²) in [6.45, 7) is 0. The first-order chi connectivity index (χ1) is 35.7. The summed E-state index contributed by atoms with van der Waals surface area (Å²) >= 11 is 0. The van der Waals surface area contributed by atoms with Crippen molar-refractivity contribution in [2.75, 3.05) is 4.90 Å². The van der Waals surface area contributed by atoms with Crippen molar-refractivity contribution in [2.24, 2.45) is 0 Å². The number of rotatable bonds is 4. The maximum atomic E-state index is 6.85. The minimum absolute atomic E-state index is 0.646. The topological polar surface area (TPSA) is 34.8 Å². The van der Waals surface area contributed by atoms with Crippen LogP contribution < -0.4 is 14.4 Å². The largest absolute Gasteiger partial charge is 0.457 e. The van der Waals surface area contributed by atoms with Crippen molar-refractivity contribution in [3.8, 4) is 56.4 Å². The van der Waals surface area contributed by atoms with Crippen molar-refractivity contribution in [3.05, 3.63) is 293 Å². The predicted octanol–water partition coefficient (Wildman–Crippen LogP) is 17.7. The van der Waals surface area contributed by atoms with E-state index in [2.05, 4.69) is 241 Å². The monoisotopic (exact) mass is 919 g/mol. The number of ether oxygens (including phenoxy) is 2. The summed E-state index contributed by atoms with van der Waals surface area (Å²) in [6.07, 6.45) is 0. The molecule has 0 saturated heterocycles. The second-order valence-corrected chi connectivity index (χ2v) is 19.4. The first kappa shape index (κ1) is 39.5. The van der Waals surface area contributed by atoms with Crippen LogP contribution in [0.5, 0.6) is 23.0 Å². The fraction of sp³-hybridized carbons (Fsp3) is 0.0294. The first-order valence-electron chi connectivity index (χ1n) is 24.7. The molecule has 0 unspecified atom stereocenters. The molecule has 4 aliphatic rings. The Morgan fingerprint density at radius 3 is 1.44 bits per heavy atom. The van der Waals surface area contributed by atoms with E-state index in [1.807, 2.05) is 12.1 Å². The predicted molar refractivity (Wildman–Crippen MR) is 289 cm³/mol. The van der Waals surface area contributed by atoms with E-state index in [9.17, 15) is 0 Å². The SMILES string of the molecule is c1ccc2c(c1)Oc1ccccc1C21c2ccccc2-c2c(N(c3ccc(-c4ccc5c(c4)oc4ccccc45)cc3)c3cccc4c3C3(c5ccccc5Oc5ccccc53)c3ccccc3-4)cccc21. The zero-order valence-corrected chi connectivity index (χ0v) is 38.8. The van der Waals surface area contributed by atoms with Crippen molar-refractivity contribution < 1.29 is 13.9 Å². The maximum Gasteiger partial charge on any atom is 0.136 e. The van der Waals surface area contributed by atoms with E-state index in [4.69, 9.17) is 13.9 Å². The number of hydrogen-bond acceptors (Lipinski definition) is 4. The Morgan fingerprint density at radius 2 is 0.778 bits per heavy atom. The van der Waals surface area contributed by atoms with Gasteiger partial charge in [-0.1, -0.05) is 182 Å². The smallest absolute Gasteiger partial charge is 0.136 e. The summed E-state index contributed by atoms with van der Waals surface area (Å²) in [5.41, 5.74) is 20.1. The standard InChI is InChI=1S/C68H41NO3/c1-4-21-50-45(17-1)48-20-15-29-58(66(48)68(50)54-25-8-13-33-62(54)72-63-34-14-9-26-55(63)68)69(44-38-35-42(36-39-44)43-37-40-47-46-18-3-10-30-59(46)70-64(47)41-43)57-28-16-27-56-65(57)49-19-2-5-22-51(49)67(56)52-23-6-11-31-60(52)71-61-32-12-7-24-53(61)67/h1-41H. The van der Waals surface area contributed by atoms with Crippen LogP contribution in [0.3, 0.4) is 0 Å².